The van der Waals surface area contributed by atoms with Crippen molar-refractivity contribution in [2.24, 2.45) is 0 Å². The van der Waals surface area contributed by atoms with Crippen molar-refractivity contribution in [3.05, 3.63) is 83.7 Å². The highest BCUT2D eigenvalue weighted by atomic mass is 32.1. The lowest BCUT2D eigenvalue weighted by Crippen LogP contribution is -2.12. The number of ether oxygens (including phenoxy) is 4. The summed E-state index contributed by atoms with van der Waals surface area (Å²) in [6.07, 6.45) is 0. The van der Waals surface area contributed by atoms with Gasteiger partial charge in [0.15, 0.2) is 11.5 Å². The topological polar surface area (TPSA) is 104 Å². The molecule has 0 aliphatic heterocycles. The van der Waals surface area contributed by atoms with Gasteiger partial charge in [0, 0.05) is 0 Å². The van der Waals surface area contributed by atoms with E-state index >= 15 is 0 Å². The first-order valence-electron chi connectivity index (χ1n) is 11.5. The Kier molecular flexibility index (Phi) is 9.78. The molecule has 0 radical (unpaired) electrons. The number of rotatable bonds is 8. The van der Waals surface area contributed by atoms with Gasteiger partial charge in [-0.25, -0.2) is 0 Å². The van der Waals surface area contributed by atoms with Crippen LogP contribution in [0.2, 0.25) is 0 Å². The fourth-order valence-corrected chi connectivity index (χ4v) is 3.62. The third kappa shape index (κ3) is 6.86. The van der Waals surface area contributed by atoms with E-state index in [0.29, 0.717) is 50.9 Å². The molecule has 200 valence electrons. The van der Waals surface area contributed by atoms with Gasteiger partial charge in [-0.2, -0.15) is 0 Å². The number of amides is 1. The molecule has 0 bridgehead atoms. The van der Waals surface area contributed by atoms with Crippen molar-refractivity contribution in [3.8, 4) is 23.0 Å². The van der Waals surface area contributed by atoms with Crippen LogP contribution >= 0.6 is 12.2 Å². The van der Waals surface area contributed by atoms with E-state index in [2.05, 4.69) is 10.6 Å². The number of carbonyl (C=O) groups excluding carboxylic acids is 1. The summed E-state index contributed by atoms with van der Waals surface area (Å²) in [6.45, 7) is 3.65. The summed E-state index contributed by atoms with van der Waals surface area (Å²) in [6, 6.07) is 17.8. The van der Waals surface area contributed by atoms with Crippen molar-refractivity contribution in [2.75, 3.05) is 39.1 Å². The number of hydrogen-bond donors (Lipinski definition) is 2. The molecule has 4 rings (SSSR count). The quantitative estimate of drug-likeness (QED) is 0.252. The highest BCUT2D eigenvalue weighted by molar-refractivity contribution is 7.81. The second-order valence-electron chi connectivity index (χ2n) is 7.80. The molecule has 2 aromatic heterocycles. The number of aryl methyl sites for hydroxylation is 2. The number of anilines is 2. The summed E-state index contributed by atoms with van der Waals surface area (Å²) in [5.41, 5.74) is 1.16. The number of hydrogen-bond acceptors (Lipinski definition) is 8. The van der Waals surface area contributed by atoms with Gasteiger partial charge in [0.05, 0.1) is 28.4 Å². The van der Waals surface area contributed by atoms with Crippen LogP contribution in [0.4, 0.5) is 11.4 Å². The Balaban J connectivity index is 0.000000211. The molecule has 0 aliphatic carbocycles. The molecule has 0 atom stereocenters. The van der Waals surface area contributed by atoms with Crippen molar-refractivity contribution in [3.63, 3.8) is 0 Å². The van der Waals surface area contributed by atoms with Gasteiger partial charge < -0.3 is 38.4 Å². The molecule has 2 heterocycles. The Morgan fingerprint density at radius 3 is 1.39 bits per heavy atom. The average molecular weight is 539 g/mol. The van der Waals surface area contributed by atoms with Crippen LogP contribution in [0, 0.1) is 13.8 Å². The number of para-hydroxylation sites is 2. The van der Waals surface area contributed by atoms with Crippen LogP contribution < -0.4 is 29.6 Å². The Labute approximate surface area is 226 Å². The number of benzene rings is 2. The highest BCUT2D eigenvalue weighted by Gasteiger charge is 2.17. The summed E-state index contributed by atoms with van der Waals surface area (Å²) in [5, 5.41) is 5.83. The lowest BCUT2D eigenvalue weighted by atomic mass is 10.2. The minimum Gasteiger partial charge on any atom is -0.494 e. The van der Waals surface area contributed by atoms with Gasteiger partial charge in [-0.15, -0.1) is 0 Å². The van der Waals surface area contributed by atoms with Gasteiger partial charge >= 0.3 is 0 Å². The third-order valence-corrected chi connectivity index (χ3v) is 5.56. The molecule has 2 aromatic carbocycles. The van der Waals surface area contributed by atoms with Crippen molar-refractivity contribution < 1.29 is 32.6 Å². The third-order valence-electron chi connectivity index (χ3n) is 5.26. The van der Waals surface area contributed by atoms with Crippen molar-refractivity contribution in [1.82, 2.24) is 0 Å². The molecule has 9 nitrogen and oxygen atoms in total. The van der Waals surface area contributed by atoms with E-state index in [4.69, 9.17) is 40.0 Å². The van der Waals surface area contributed by atoms with E-state index < -0.39 is 0 Å². The number of thiocarbonyl (C=S) groups is 1. The molecule has 2 N–H and O–H groups in total. The molecule has 4 aromatic rings. The first kappa shape index (κ1) is 28.1. The zero-order chi connectivity index (χ0) is 27.7. The molecule has 0 fully saturated rings. The second-order valence-corrected chi connectivity index (χ2v) is 8.21. The maximum atomic E-state index is 12.0. The number of nitrogens with one attached hydrogen (secondary N) is 2. The predicted molar refractivity (Wildman–Crippen MR) is 149 cm³/mol. The zero-order valence-electron chi connectivity index (χ0n) is 22.0. The molecule has 0 unspecified atom stereocenters. The van der Waals surface area contributed by atoms with Crippen molar-refractivity contribution >= 4 is 34.5 Å². The normalized spacial score (nSPS) is 10.1. The number of carbonyl (C=O) groups is 1. The van der Waals surface area contributed by atoms with E-state index in [1.807, 2.05) is 37.3 Å². The van der Waals surface area contributed by atoms with Gasteiger partial charge in [-0.05, 0) is 62.4 Å². The van der Waals surface area contributed by atoms with Crippen LogP contribution in [-0.2, 0) is 0 Å². The molecule has 0 saturated heterocycles. The molecular formula is C28H30N2O7S. The van der Waals surface area contributed by atoms with E-state index in [9.17, 15) is 4.79 Å². The van der Waals surface area contributed by atoms with Crippen LogP contribution in [0.25, 0.3) is 0 Å². The molecule has 10 heteroatoms. The molecule has 0 spiro atoms. The molecule has 1 amide bonds. The van der Waals surface area contributed by atoms with Crippen molar-refractivity contribution in [1.29, 1.82) is 0 Å². The molecule has 0 saturated carbocycles. The summed E-state index contributed by atoms with van der Waals surface area (Å²) >= 11 is 5.31. The fourth-order valence-electron chi connectivity index (χ4n) is 3.41. The minimum absolute atomic E-state index is 0.241. The summed E-state index contributed by atoms with van der Waals surface area (Å²) in [7, 11) is 6.25. The van der Waals surface area contributed by atoms with Crippen molar-refractivity contribution in [2.45, 2.75) is 13.8 Å². The average Bonchev–Trinajstić information content (AvgIpc) is 3.57. The SMILES string of the molecule is COc1cccc(OC)c1NC(=O)c1ccc(C)o1.COc1cccc(OC)c1NC(=S)c1ccc(C)o1. The zero-order valence-corrected chi connectivity index (χ0v) is 22.9. The van der Waals surface area contributed by atoms with E-state index in [0.717, 1.165) is 5.76 Å². The van der Waals surface area contributed by atoms with Crippen LogP contribution in [0.5, 0.6) is 23.0 Å². The van der Waals surface area contributed by atoms with Crippen LogP contribution in [0.1, 0.15) is 27.8 Å². The van der Waals surface area contributed by atoms with Crippen LogP contribution in [0.3, 0.4) is 0 Å². The monoisotopic (exact) mass is 538 g/mol. The minimum atomic E-state index is -0.351. The van der Waals surface area contributed by atoms with Crippen LogP contribution in [-0.4, -0.2) is 39.3 Å². The first-order chi connectivity index (χ1) is 18.3. The highest BCUT2D eigenvalue weighted by Crippen LogP contribution is 2.35. The number of methoxy groups -OCH3 is 4. The van der Waals surface area contributed by atoms with Gasteiger partial charge in [0.25, 0.3) is 5.91 Å². The van der Waals surface area contributed by atoms with Gasteiger partial charge in [-0.3, -0.25) is 4.79 Å². The van der Waals surface area contributed by atoms with Gasteiger partial charge in [-0.1, -0.05) is 24.4 Å². The van der Waals surface area contributed by atoms with Gasteiger partial charge in [0.2, 0.25) is 0 Å². The van der Waals surface area contributed by atoms with E-state index in [1.54, 1.807) is 51.5 Å². The standard InChI is InChI=1S/C14H15NO4.C14H15NO3S/c1-9-7-8-12(19-9)14(16)15-13-10(17-2)5-4-6-11(13)18-3;1-9-7-8-12(18-9)14(19)15-13-10(16-2)5-4-6-11(13)17-3/h4-8H,1-3H3,(H,15,16);4-8H,1-3H3,(H,15,19). The Bertz CT molecular complexity index is 1240. The van der Waals surface area contributed by atoms with Crippen LogP contribution in [0.15, 0.2) is 69.5 Å². The Morgan fingerprint density at radius 1 is 0.632 bits per heavy atom. The lowest BCUT2D eigenvalue weighted by molar-refractivity contribution is 0.0994. The first-order valence-corrected chi connectivity index (χ1v) is 11.9. The summed E-state index contributed by atoms with van der Waals surface area (Å²) in [4.78, 5) is 12.5. The predicted octanol–water partition coefficient (Wildman–Crippen LogP) is 6.25. The summed E-state index contributed by atoms with van der Waals surface area (Å²) < 4.78 is 31.8. The lowest BCUT2D eigenvalue weighted by Gasteiger charge is -2.14. The summed E-state index contributed by atoms with van der Waals surface area (Å²) in [5.74, 6) is 4.35. The molecule has 38 heavy (non-hydrogen) atoms. The Hall–Kier alpha value is -4.44. The maximum absolute atomic E-state index is 12.0. The van der Waals surface area contributed by atoms with Gasteiger partial charge in [0.1, 0.15) is 50.9 Å². The maximum Gasteiger partial charge on any atom is 0.291 e. The molecular weight excluding hydrogens is 508 g/mol. The number of furan rings is 2. The second kappa shape index (κ2) is 13.2. The molecule has 0 aliphatic rings. The smallest absolute Gasteiger partial charge is 0.291 e. The van der Waals surface area contributed by atoms with E-state index in [-0.39, 0.29) is 11.7 Å². The Morgan fingerprint density at radius 2 is 1.03 bits per heavy atom. The van der Waals surface area contributed by atoms with E-state index in [1.165, 1.54) is 14.2 Å². The fraction of sp³-hybridized carbons (Fsp3) is 0.214. The largest absolute Gasteiger partial charge is 0.494 e.